The molecule has 1 N–H and O–H groups in total. The Hall–Kier alpha value is -1.56. The Bertz CT molecular complexity index is 570. The molecule has 1 aliphatic rings. The van der Waals surface area contributed by atoms with Crippen LogP contribution in [0.2, 0.25) is 0 Å². The Kier molecular flexibility index (Phi) is 5.56. The first-order valence-corrected chi connectivity index (χ1v) is 8.55. The van der Waals surface area contributed by atoms with Crippen LogP contribution in [-0.4, -0.2) is 33.2 Å². The molecule has 0 aromatic heterocycles. The highest BCUT2D eigenvalue weighted by Crippen LogP contribution is 2.28. The van der Waals surface area contributed by atoms with E-state index in [0.717, 1.165) is 5.56 Å². The second-order valence-electron chi connectivity index (χ2n) is 4.52. The maximum atomic E-state index is 11.8. The van der Waals surface area contributed by atoms with Gasteiger partial charge in [0.1, 0.15) is 0 Å². The number of nitrogens with zero attached hydrogens (tertiary/aromatic N) is 1. The van der Waals surface area contributed by atoms with Crippen molar-refractivity contribution in [2.24, 2.45) is 0 Å². The molecule has 1 atom stereocenters. The van der Waals surface area contributed by atoms with E-state index in [0.29, 0.717) is 12.1 Å². The molecule has 0 aliphatic carbocycles. The van der Waals surface area contributed by atoms with Crippen molar-refractivity contribution in [3.8, 4) is 0 Å². The van der Waals surface area contributed by atoms with E-state index < -0.39 is 10.0 Å². The number of amides is 1. The number of anilines is 1. The van der Waals surface area contributed by atoms with Gasteiger partial charge < -0.3 is 5.32 Å². The number of sulfonamides is 1. The molecule has 0 fully saturated rings. The number of hydrogen-bond donors (Lipinski definition) is 1. The third-order valence-corrected chi connectivity index (χ3v) is 4.07. The van der Waals surface area contributed by atoms with E-state index >= 15 is 0 Å². The van der Waals surface area contributed by atoms with Gasteiger partial charge in [-0.15, -0.1) is 0 Å². The van der Waals surface area contributed by atoms with E-state index in [1.54, 1.807) is 6.07 Å². The molecule has 1 aromatic rings. The Morgan fingerprint density at radius 1 is 1.30 bits per heavy atom. The largest absolute Gasteiger partial charge is 0.351 e. The summed E-state index contributed by atoms with van der Waals surface area (Å²) in [4.78, 5) is 11.1. The molecule has 5 nitrogen and oxygen atoms in total. The summed E-state index contributed by atoms with van der Waals surface area (Å²) >= 11 is 0. The summed E-state index contributed by atoms with van der Waals surface area (Å²) in [6, 6.07) is 7.19. The zero-order valence-corrected chi connectivity index (χ0v) is 13.2. The standard InChI is InChI=1S/C12H16N2O3S.C2H6/c1-9(15)13-11-7-10-5-3-4-6-12(10)14(8-11)18(2,16)17;1-2/h3-6,11H,7-8H2,1-2H3,(H,13,15);1-2H3/t11-;/m1./s1. The average Bonchev–Trinajstić information content (AvgIpc) is 2.38. The molecule has 1 aromatic carbocycles. The highest BCUT2D eigenvalue weighted by molar-refractivity contribution is 7.92. The number of rotatable bonds is 2. The maximum absolute atomic E-state index is 11.8. The van der Waals surface area contributed by atoms with E-state index in [2.05, 4.69) is 5.32 Å². The van der Waals surface area contributed by atoms with E-state index in [9.17, 15) is 13.2 Å². The quantitative estimate of drug-likeness (QED) is 0.900. The normalized spacial score (nSPS) is 17.6. The molecule has 6 heteroatoms. The summed E-state index contributed by atoms with van der Waals surface area (Å²) in [6.07, 6.45) is 1.84. The van der Waals surface area contributed by atoms with E-state index in [1.807, 2.05) is 32.0 Å². The summed E-state index contributed by atoms with van der Waals surface area (Å²) < 4.78 is 24.9. The molecule has 1 aliphatic heterocycles. The van der Waals surface area contributed by atoms with Crippen molar-refractivity contribution >= 4 is 21.6 Å². The Labute approximate surface area is 121 Å². The molecule has 0 saturated heterocycles. The highest BCUT2D eigenvalue weighted by Gasteiger charge is 2.29. The molecule has 0 radical (unpaired) electrons. The van der Waals surface area contributed by atoms with Gasteiger partial charge in [-0.1, -0.05) is 32.0 Å². The van der Waals surface area contributed by atoms with Gasteiger partial charge in [0.05, 0.1) is 24.5 Å². The third-order valence-electron chi connectivity index (χ3n) is 2.92. The van der Waals surface area contributed by atoms with Crippen LogP contribution in [0.5, 0.6) is 0 Å². The predicted molar refractivity (Wildman–Crippen MR) is 81.3 cm³/mol. The number of hydrogen-bond acceptors (Lipinski definition) is 3. The van der Waals surface area contributed by atoms with Crippen LogP contribution >= 0.6 is 0 Å². The second-order valence-corrected chi connectivity index (χ2v) is 6.43. The Morgan fingerprint density at radius 3 is 2.45 bits per heavy atom. The summed E-state index contributed by atoms with van der Waals surface area (Å²) in [5.74, 6) is -0.146. The minimum atomic E-state index is -3.33. The van der Waals surface area contributed by atoms with Gasteiger partial charge in [0.2, 0.25) is 15.9 Å². The van der Waals surface area contributed by atoms with E-state index in [1.165, 1.54) is 17.5 Å². The lowest BCUT2D eigenvalue weighted by Gasteiger charge is -2.34. The van der Waals surface area contributed by atoms with Crippen molar-refractivity contribution in [2.45, 2.75) is 33.2 Å². The van der Waals surface area contributed by atoms with Crippen LogP contribution in [0, 0.1) is 0 Å². The van der Waals surface area contributed by atoms with Crippen molar-refractivity contribution in [2.75, 3.05) is 17.1 Å². The summed E-state index contributed by atoms with van der Waals surface area (Å²) in [7, 11) is -3.33. The van der Waals surface area contributed by atoms with Crippen molar-refractivity contribution < 1.29 is 13.2 Å². The van der Waals surface area contributed by atoms with Crippen LogP contribution in [-0.2, 0) is 21.2 Å². The molecule has 0 unspecified atom stereocenters. The summed E-state index contributed by atoms with van der Waals surface area (Å²) in [5, 5.41) is 2.78. The van der Waals surface area contributed by atoms with Crippen molar-refractivity contribution in [1.82, 2.24) is 5.32 Å². The molecule has 1 heterocycles. The molecular formula is C14H22N2O3S. The lowest BCUT2D eigenvalue weighted by Crippen LogP contribution is -2.49. The lowest BCUT2D eigenvalue weighted by atomic mass is 10.00. The van der Waals surface area contributed by atoms with Gasteiger partial charge in [-0.2, -0.15) is 0 Å². The Balaban J connectivity index is 0.000000956. The first-order chi connectivity index (χ1) is 9.38. The Morgan fingerprint density at radius 2 is 1.90 bits per heavy atom. The van der Waals surface area contributed by atoms with Crippen LogP contribution in [0.15, 0.2) is 24.3 Å². The predicted octanol–water partition coefficient (Wildman–Crippen LogP) is 1.54. The average molecular weight is 298 g/mol. The molecule has 0 saturated carbocycles. The van der Waals surface area contributed by atoms with Gasteiger partial charge in [-0.3, -0.25) is 9.10 Å². The molecule has 1 amide bonds. The highest BCUT2D eigenvalue weighted by atomic mass is 32.2. The summed E-state index contributed by atoms with van der Waals surface area (Å²) in [5.41, 5.74) is 1.65. The summed E-state index contributed by atoms with van der Waals surface area (Å²) in [6.45, 7) is 5.72. The minimum Gasteiger partial charge on any atom is -0.351 e. The van der Waals surface area contributed by atoms with Gasteiger partial charge in [0.25, 0.3) is 0 Å². The van der Waals surface area contributed by atoms with Crippen LogP contribution in [0.1, 0.15) is 26.3 Å². The van der Waals surface area contributed by atoms with Gasteiger partial charge in [-0.05, 0) is 18.1 Å². The van der Waals surface area contributed by atoms with Gasteiger partial charge >= 0.3 is 0 Å². The first kappa shape index (κ1) is 16.5. The lowest BCUT2D eigenvalue weighted by molar-refractivity contribution is -0.119. The van der Waals surface area contributed by atoms with Gasteiger partial charge in [-0.25, -0.2) is 8.42 Å². The molecular weight excluding hydrogens is 276 g/mol. The van der Waals surface area contributed by atoms with Crippen molar-refractivity contribution in [1.29, 1.82) is 0 Å². The topological polar surface area (TPSA) is 66.5 Å². The molecule has 0 spiro atoms. The zero-order valence-electron chi connectivity index (χ0n) is 12.4. The van der Waals surface area contributed by atoms with Crippen molar-refractivity contribution in [3.63, 3.8) is 0 Å². The second kappa shape index (κ2) is 6.74. The zero-order chi connectivity index (χ0) is 15.3. The third kappa shape index (κ3) is 3.96. The number of carbonyl (C=O) groups excluding carboxylic acids is 1. The van der Waals surface area contributed by atoms with Crippen molar-refractivity contribution in [3.05, 3.63) is 29.8 Å². The molecule has 2 rings (SSSR count). The molecule has 20 heavy (non-hydrogen) atoms. The van der Waals surface area contributed by atoms with Crippen LogP contribution < -0.4 is 9.62 Å². The van der Waals surface area contributed by atoms with E-state index in [-0.39, 0.29) is 18.5 Å². The first-order valence-electron chi connectivity index (χ1n) is 6.70. The van der Waals surface area contributed by atoms with Crippen LogP contribution in [0.25, 0.3) is 0 Å². The van der Waals surface area contributed by atoms with Gasteiger partial charge in [0.15, 0.2) is 0 Å². The SMILES string of the molecule is CC.CC(=O)N[C@@H]1Cc2ccccc2N(S(C)(=O)=O)C1. The van der Waals surface area contributed by atoms with Gasteiger partial charge in [0, 0.05) is 6.92 Å². The number of carbonyl (C=O) groups is 1. The fourth-order valence-electron chi connectivity index (χ4n) is 2.25. The molecule has 0 bridgehead atoms. The minimum absolute atomic E-state index is 0.146. The smallest absolute Gasteiger partial charge is 0.232 e. The monoisotopic (exact) mass is 298 g/mol. The number of fused-ring (bicyclic) bond motifs is 1. The van der Waals surface area contributed by atoms with Crippen LogP contribution in [0.3, 0.4) is 0 Å². The number of nitrogens with one attached hydrogen (secondary N) is 1. The molecule has 112 valence electrons. The number of para-hydroxylation sites is 1. The fourth-order valence-corrected chi connectivity index (χ4v) is 3.24. The van der Waals surface area contributed by atoms with Crippen LogP contribution in [0.4, 0.5) is 5.69 Å². The number of benzene rings is 1. The maximum Gasteiger partial charge on any atom is 0.232 e. The fraction of sp³-hybridized carbons (Fsp3) is 0.500. The van der Waals surface area contributed by atoms with E-state index in [4.69, 9.17) is 0 Å².